The van der Waals surface area contributed by atoms with E-state index in [-0.39, 0.29) is 6.04 Å². The zero-order chi connectivity index (χ0) is 22.0. The molecule has 0 amide bonds. The number of benzene rings is 2. The topological polar surface area (TPSA) is 53.4 Å². The number of anilines is 2. The maximum Gasteiger partial charge on any atom is -0.0683 e. The van der Waals surface area contributed by atoms with E-state index in [9.17, 15) is 0 Å². The zero-order valence-electron chi connectivity index (χ0n) is 18.4. The Morgan fingerprint density at radius 3 is 2.52 bits per heavy atom. The summed E-state index contributed by atoms with van der Waals surface area (Å²) in [6, 6.07) is 16.7. The van der Waals surface area contributed by atoms with Crippen molar-refractivity contribution in [3.63, 3.8) is 0 Å². The van der Waals surface area contributed by atoms with Gasteiger partial charge in [0.15, 0.2) is 0 Å². The maximum atomic E-state index is 4.47. The van der Waals surface area contributed by atoms with Crippen LogP contribution < -0.4 is 15.7 Å². The third kappa shape index (κ3) is 3.70. The molecule has 5 nitrogen and oxygen atoms in total. The van der Waals surface area contributed by atoms with E-state index in [4.69, 9.17) is 0 Å². The van der Waals surface area contributed by atoms with Crippen molar-refractivity contribution in [2.45, 2.75) is 33.7 Å². The summed E-state index contributed by atoms with van der Waals surface area (Å²) in [5.74, 6) is 1.53. The minimum Gasteiger partial charge on any atom is -0.0683 e. The van der Waals surface area contributed by atoms with Crippen molar-refractivity contribution in [2.75, 3.05) is 10.2 Å². The Morgan fingerprint density at radius 1 is 1.03 bits per heavy atom. The molecule has 2 aromatic carbocycles. The van der Waals surface area contributed by atoms with Crippen LogP contribution in [0, 0.1) is 6.92 Å². The molecule has 0 saturated carbocycles. The van der Waals surface area contributed by atoms with Gasteiger partial charge in [-0.1, -0.05) is 13.8 Å². The van der Waals surface area contributed by atoms with Crippen LogP contribution in [0.3, 0.4) is 0 Å². The third-order valence-electron chi connectivity index (χ3n) is 5.42. The smallest absolute Gasteiger partial charge is 0.0683 e. The van der Waals surface area contributed by atoms with Crippen LogP contribution in [0.1, 0.15) is 37.5 Å². The average Bonchev–Trinajstić information content (AvgIpc) is 2.76. The maximum absolute atomic E-state index is 4.47. The summed E-state index contributed by atoms with van der Waals surface area (Å²) in [5.41, 5.74) is 7.72. The van der Waals surface area contributed by atoms with Crippen LogP contribution in [-0.2, 0) is 0 Å². The molecule has 0 saturated heterocycles. The molecule has 1 atom stereocenters. The van der Waals surface area contributed by atoms with Crippen LogP contribution in [0.2, 0.25) is 0 Å². The molecule has 154 valence electrons. The van der Waals surface area contributed by atoms with Gasteiger partial charge in [0.05, 0.1) is 0 Å². The Hall–Kier alpha value is -3.54. The predicted octanol–water partition coefficient (Wildman–Crippen LogP) is 5.30. The summed E-state index contributed by atoms with van der Waals surface area (Å²) in [4.78, 5) is 15.0. The summed E-state index contributed by atoms with van der Waals surface area (Å²) < 4.78 is 0. The fourth-order valence-corrected chi connectivity index (χ4v) is 3.96. The van der Waals surface area contributed by atoms with E-state index in [1.54, 1.807) is 13.4 Å². The molecule has 0 spiro atoms. The number of hydrogen-bond donors (Lipinski definition) is 1. The fourth-order valence-electron chi connectivity index (χ4n) is 3.96. The van der Waals surface area contributed by atoms with Crippen LogP contribution in [-0.4, -0.2) is 23.1 Å². The first kappa shape index (κ1) is 20.7. The fraction of sp³-hybridized carbons (Fsp3) is 0.200. The number of fused-ring (bicyclic) bond motifs is 2. The van der Waals surface area contributed by atoms with Crippen LogP contribution >= 0.6 is 0 Å². The normalized spacial score (nSPS) is 14.1. The second kappa shape index (κ2) is 8.68. The van der Waals surface area contributed by atoms with Crippen LogP contribution in [0.15, 0.2) is 72.0 Å². The van der Waals surface area contributed by atoms with E-state index < -0.39 is 0 Å². The SMILES string of the molecule is C=C1c2c(C)cccc2C=C([C@H](C)Nc2ncnc3c2B=N3)N1c1ccccc1.CC. The monoisotopic (exact) mass is 407 g/mol. The molecule has 1 N–H and O–H groups in total. The van der Waals surface area contributed by atoms with Gasteiger partial charge in [0.2, 0.25) is 0 Å². The first-order valence-electron chi connectivity index (χ1n) is 10.6. The van der Waals surface area contributed by atoms with Crippen LogP contribution in [0.4, 0.5) is 17.3 Å². The van der Waals surface area contributed by atoms with Gasteiger partial charge in [-0.3, -0.25) is 0 Å². The van der Waals surface area contributed by atoms with E-state index >= 15 is 0 Å². The first-order chi connectivity index (χ1) is 15.1. The number of rotatable bonds is 4. The Morgan fingerprint density at radius 2 is 1.81 bits per heavy atom. The standard InChI is InChI=1S/C23H20BN5.C2H6/c1-14-8-7-9-17-12-19(15(2)27-22-21-23(28-24-21)26-13-25-22)29(16(3)20(14)17)18-10-5-4-6-11-18;1-2/h4-13,15H,3H2,1-2H3,(H,25,26,27,28);1-2H3/t15-;/m0./s1. The molecular weight excluding hydrogens is 381 g/mol. The molecule has 0 aliphatic carbocycles. The molecule has 3 aromatic rings. The van der Waals surface area contributed by atoms with Crippen molar-refractivity contribution >= 4 is 41.6 Å². The second-order valence-electron chi connectivity index (χ2n) is 7.31. The molecule has 2 aliphatic rings. The third-order valence-corrected chi connectivity index (χ3v) is 5.42. The van der Waals surface area contributed by atoms with E-state index in [2.05, 4.69) is 94.0 Å². The molecule has 0 bridgehead atoms. The van der Waals surface area contributed by atoms with Crippen molar-refractivity contribution < 1.29 is 0 Å². The number of nitrogens with zero attached hydrogens (tertiary/aromatic N) is 4. The number of aromatic nitrogens is 2. The summed E-state index contributed by atoms with van der Waals surface area (Å²) in [6.07, 6.45) is 3.79. The van der Waals surface area contributed by atoms with Crippen LogP contribution in [0.5, 0.6) is 0 Å². The Kier molecular flexibility index (Phi) is 5.80. The van der Waals surface area contributed by atoms with Gasteiger partial charge in [0, 0.05) is 0 Å². The summed E-state index contributed by atoms with van der Waals surface area (Å²) in [7, 11) is 1.80. The van der Waals surface area contributed by atoms with Gasteiger partial charge >= 0.3 is 170 Å². The van der Waals surface area contributed by atoms with Gasteiger partial charge in [-0.15, -0.1) is 0 Å². The van der Waals surface area contributed by atoms with Crippen molar-refractivity contribution in [2.24, 2.45) is 4.90 Å². The molecule has 0 fully saturated rings. The molecule has 0 radical (unpaired) electrons. The van der Waals surface area contributed by atoms with Gasteiger partial charge in [0.25, 0.3) is 0 Å². The zero-order valence-corrected chi connectivity index (χ0v) is 18.4. The first-order valence-corrected chi connectivity index (χ1v) is 10.6. The Labute approximate surface area is 184 Å². The Bertz CT molecular complexity index is 1180. The Balaban J connectivity index is 0.00000112. The number of aryl methyl sites for hydroxylation is 1. The van der Waals surface area contributed by atoms with Crippen molar-refractivity contribution in [1.82, 2.24) is 9.97 Å². The average molecular weight is 407 g/mol. The molecule has 1 aromatic heterocycles. The van der Waals surface area contributed by atoms with E-state index in [0.717, 1.165) is 34.2 Å². The quantitative estimate of drug-likeness (QED) is 0.467. The largest absolute Gasteiger partial charge is 0.0683 e. The molecule has 0 unspecified atom stereocenters. The van der Waals surface area contributed by atoms with Crippen LogP contribution in [0.25, 0.3) is 11.8 Å². The number of para-hydroxylation sites is 1. The van der Waals surface area contributed by atoms with Gasteiger partial charge < -0.3 is 0 Å². The van der Waals surface area contributed by atoms with Gasteiger partial charge in [0.1, 0.15) is 0 Å². The van der Waals surface area contributed by atoms with Gasteiger partial charge in [-0.25, -0.2) is 0 Å². The van der Waals surface area contributed by atoms with E-state index in [1.807, 2.05) is 19.9 Å². The van der Waals surface area contributed by atoms with Crippen molar-refractivity contribution in [1.29, 1.82) is 0 Å². The summed E-state index contributed by atoms with van der Waals surface area (Å²) >= 11 is 0. The predicted molar refractivity (Wildman–Crippen MR) is 131 cm³/mol. The molecule has 6 heteroatoms. The van der Waals surface area contributed by atoms with Crippen molar-refractivity contribution in [3.8, 4) is 0 Å². The minimum atomic E-state index is -0.00591. The molecular formula is C25H26BN5. The summed E-state index contributed by atoms with van der Waals surface area (Å²) in [5, 5.41) is 3.54. The van der Waals surface area contributed by atoms with E-state index in [0.29, 0.717) is 0 Å². The second-order valence-corrected chi connectivity index (χ2v) is 7.31. The number of nitrogens with one attached hydrogen (secondary N) is 1. The molecule has 3 heterocycles. The summed E-state index contributed by atoms with van der Waals surface area (Å²) in [6.45, 7) is 12.7. The van der Waals surface area contributed by atoms with Gasteiger partial charge in [-0.2, -0.15) is 0 Å². The molecule has 31 heavy (non-hydrogen) atoms. The molecule has 5 rings (SSSR count). The minimum absolute atomic E-state index is 0.00591. The van der Waals surface area contributed by atoms with Crippen molar-refractivity contribution in [3.05, 3.63) is 83.8 Å². The van der Waals surface area contributed by atoms with Gasteiger partial charge in [-0.05, 0) is 0 Å². The molecule has 2 aliphatic heterocycles. The number of hydrogen-bond acceptors (Lipinski definition) is 5. The van der Waals surface area contributed by atoms with E-state index in [1.165, 1.54) is 16.7 Å².